The number of imidazole rings is 1. The van der Waals surface area contributed by atoms with Gasteiger partial charge in [0, 0.05) is 18.9 Å². The Morgan fingerprint density at radius 1 is 1.60 bits per heavy atom. The maximum absolute atomic E-state index is 11.3. The summed E-state index contributed by atoms with van der Waals surface area (Å²) in [5.74, 6) is 0.232. The van der Waals surface area contributed by atoms with Gasteiger partial charge in [-0.05, 0) is 19.8 Å². The van der Waals surface area contributed by atoms with Gasteiger partial charge in [0.2, 0.25) is 0 Å². The predicted molar refractivity (Wildman–Crippen MR) is 55.5 cm³/mol. The summed E-state index contributed by atoms with van der Waals surface area (Å²) in [5, 5.41) is 9.32. The monoisotopic (exact) mass is 208 g/mol. The first kappa shape index (κ1) is 10.2. The lowest BCUT2D eigenvalue weighted by molar-refractivity contribution is -0.149. The third-order valence-corrected chi connectivity index (χ3v) is 3.41. The van der Waals surface area contributed by atoms with Crippen LogP contribution >= 0.6 is 0 Å². The fourth-order valence-corrected chi connectivity index (χ4v) is 2.39. The second kappa shape index (κ2) is 3.68. The van der Waals surface area contributed by atoms with E-state index in [0.717, 1.165) is 31.5 Å². The molecule has 0 aromatic carbocycles. The number of aryl methyl sites for hydroxylation is 1. The molecule has 0 bridgehead atoms. The maximum atomic E-state index is 11.3. The van der Waals surface area contributed by atoms with E-state index in [-0.39, 0.29) is 0 Å². The van der Waals surface area contributed by atoms with Gasteiger partial charge in [0.1, 0.15) is 5.82 Å². The van der Waals surface area contributed by atoms with Crippen LogP contribution in [0, 0.1) is 12.3 Å². The Kier molecular flexibility index (Phi) is 2.50. The van der Waals surface area contributed by atoms with E-state index in [9.17, 15) is 9.90 Å². The highest BCUT2D eigenvalue weighted by atomic mass is 16.4. The number of carbonyl (C=O) groups is 1. The van der Waals surface area contributed by atoms with Gasteiger partial charge in [-0.3, -0.25) is 4.79 Å². The normalized spacial score (nSPS) is 19.3. The Morgan fingerprint density at radius 2 is 2.27 bits per heavy atom. The molecule has 82 valence electrons. The first-order valence-corrected chi connectivity index (χ1v) is 5.35. The van der Waals surface area contributed by atoms with Crippen molar-refractivity contribution in [1.82, 2.24) is 9.55 Å². The number of nitrogens with zero attached hydrogens (tertiary/aromatic N) is 2. The molecule has 0 spiro atoms. The second-order valence-electron chi connectivity index (χ2n) is 4.39. The maximum Gasteiger partial charge on any atom is 0.311 e. The van der Waals surface area contributed by atoms with Crippen LogP contribution in [0.2, 0.25) is 0 Å². The second-order valence-corrected chi connectivity index (χ2v) is 4.39. The molecule has 0 amide bonds. The van der Waals surface area contributed by atoms with Crippen LogP contribution in [-0.2, 0) is 11.3 Å². The molecule has 15 heavy (non-hydrogen) atoms. The van der Waals surface area contributed by atoms with Gasteiger partial charge in [-0.1, -0.05) is 12.8 Å². The van der Waals surface area contributed by atoms with E-state index < -0.39 is 11.4 Å². The third kappa shape index (κ3) is 1.76. The van der Waals surface area contributed by atoms with Crippen molar-refractivity contribution in [2.75, 3.05) is 0 Å². The SMILES string of the molecule is Cc1nccn1CC1(C(=O)O)CCCC1. The number of carboxylic acid groups (broad SMARTS) is 1. The highest BCUT2D eigenvalue weighted by Gasteiger charge is 2.41. The highest BCUT2D eigenvalue weighted by Crippen LogP contribution is 2.39. The Morgan fingerprint density at radius 3 is 2.73 bits per heavy atom. The van der Waals surface area contributed by atoms with Gasteiger partial charge < -0.3 is 9.67 Å². The predicted octanol–water partition coefficient (Wildman–Crippen LogP) is 1.84. The van der Waals surface area contributed by atoms with Gasteiger partial charge in [0.25, 0.3) is 0 Å². The van der Waals surface area contributed by atoms with Crippen molar-refractivity contribution in [2.24, 2.45) is 5.41 Å². The van der Waals surface area contributed by atoms with Crippen molar-refractivity contribution in [3.8, 4) is 0 Å². The van der Waals surface area contributed by atoms with Crippen molar-refractivity contribution >= 4 is 5.97 Å². The molecule has 1 aliphatic rings. The number of aliphatic carboxylic acids is 1. The van der Waals surface area contributed by atoms with Gasteiger partial charge in [-0.25, -0.2) is 4.98 Å². The molecule has 1 fully saturated rings. The van der Waals surface area contributed by atoms with Gasteiger partial charge in [0.05, 0.1) is 5.41 Å². The van der Waals surface area contributed by atoms with Crippen molar-refractivity contribution in [3.05, 3.63) is 18.2 Å². The number of hydrogen-bond donors (Lipinski definition) is 1. The van der Waals surface area contributed by atoms with Crippen molar-refractivity contribution in [1.29, 1.82) is 0 Å². The van der Waals surface area contributed by atoms with E-state index in [2.05, 4.69) is 4.98 Å². The molecule has 2 rings (SSSR count). The molecule has 1 saturated carbocycles. The summed E-state index contributed by atoms with van der Waals surface area (Å²) < 4.78 is 1.94. The minimum atomic E-state index is -0.659. The van der Waals surface area contributed by atoms with Crippen LogP contribution in [0.5, 0.6) is 0 Å². The molecule has 0 saturated heterocycles. The van der Waals surface area contributed by atoms with Crippen LogP contribution in [0.3, 0.4) is 0 Å². The van der Waals surface area contributed by atoms with Gasteiger partial charge in [-0.2, -0.15) is 0 Å². The molecule has 1 heterocycles. The zero-order chi connectivity index (χ0) is 10.9. The van der Waals surface area contributed by atoms with Crippen molar-refractivity contribution < 1.29 is 9.90 Å². The standard InChI is InChI=1S/C11H16N2O2/c1-9-12-6-7-13(9)8-11(10(14)15)4-2-3-5-11/h6-7H,2-5,8H2,1H3,(H,14,15). The Bertz CT molecular complexity index is 364. The zero-order valence-corrected chi connectivity index (χ0v) is 8.94. The van der Waals surface area contributed by atoms with Gasteiger partial charge in [0.15, 0.2) is 0 Å². The first-order chi connectivity index (χ1) is 7.14. The Hall–Kier alpha value is -1.32. The first-order valence-electron chi connectivity index (χ1n) is 5.35. The van der Waals surface area contributed by atoms with Crippen LogP contribution < -0.4 is 0 Å². The quantitative estimate of drug-likeness (QED) is 0.824. The molecule has 0 radical (unpaired) electrons. The van der Waals surface area contributed by atoms with E-state index in [1.165, 1.54) is 0 Å². The smallest absolute Gasteiger partial charge is 0.311 e. The van der Waals surface area contributed by atoms with Crippen LogP contribution in [0.4, 0.5) is 0 Å². The third-order valence-electron chi connectivity index (χ3n) is 3.41. The van der Waals surface area contributed by atoms with Crippen LogP contribution in [-0.4, -0.2) is 20.6 Å². The Labute approximate surface area is 88.9 Å². The summed E-state index contributed by atoms with van der Waals surface area (Å²) in [5.41, 5.74) is -0.550. The number of carboxylic acids is 1. The van der Waals surface area contributed by atoms with Crippen molar-refractivity contribution in [2.45, 2.75) is 39.2 Å². The molecular weight excluding hydrogens is 192 g/mol. The van der Waals surface area contributed by atoms with Crippen molar-refractivity contribution in [3.63, 3.8) is 0 Å². The average Bonchev–Trinajstić information content (AvgIpc) is 2.78. The van der Waals surface area contributed by atoms with Gasteiger partial charge >= 0.3 is 5.97 Å². The van der Waals surface area contributed by atoms with Gasteiger partial charge in [-0.15, -0.1) is 0 Å². The largest absolute Gasteiger partial charge is 0.481 e. The van der Waals surface area contributed by atoms with Crippen LogP contribution in [0.1, 0.15) is 31.5 Å². The number of aromatic nitrogens is 2. The topological polar surface area (TPSA) is 55.1 Å². The molecule has 0 unspecified atom stereocenters. The van der Waals surface area contributed by atoms with Crippen LogP contribution in [0.15, 0.2) is 12.4 Å². The summed E-state index contributed by atoms with van der Waals surface area (Å²) in [6, 6.07) is 0. The molecule has 4 heteroatoms. The highest BCUT2D eigenvalue weighted by molar-refractivity contribution is 5.74. The van der Waals surface area contributed by atoms with E-state index in [1.54, 1.807) is 6.20 Å². The molecule has 4 nitrogen and oxygen atoms in total. The van der Waals surface area contributed by atoms with E-state index >= 15 is 0 Å². The summed E-state index contributed by atoms with van der Waals surface area (Å²) in [7, 11) is 0. The minimum absolute atomic E-state index is 0.550. The lowest BCUT2D eigenvalue weighted by Gasteiger charge is -2.24. The Balaban J connectivity index is 2.21. The number of hydrogen-bond acceptors (Lipinski definition) is 2. The lowest BCUT2D eigenvalue weighted by Crippen LogP contribution is -2.32. The average molecular weight is 208 g/mol. The molecule has 1 N–H and O–H groups in total. The molecule has 0 atom stereocenters. The zero-order valence-electron chi connectivity index (χ0n) is 8.94. The molecule has 1 aliphatic carbocycles. The van der Waals surface area contributed by atoms with E-state index in [0.29, 0.717) is 6.54 Å². The van der Waals surface area contributed by atoms with Crippen LogP contribution in [0.25, 0.3) is 0 Å². The fourth-order valence-electron chi connectivity index (χ4n) is 2.39. The summed E-state index contributed by atoms with van der Waals surface area (Å²) in [6.07, 6.45) is 7.22. The molecule has 0 aliphatic heterocycles. The van der Waals surface area contributed by atoms with E-state index in [1.807, 2.05) is 17.7 Å². The lowest BCUT2D eigenvalue weighted by atomic mass is 9.86. The van der Waals surface area contributed by atoms with E-state index in [4.69, 9.17) is 0 Å². The minimum Gasteiger partial charge on any atom is -0.481 e. The summed E-state index contributed by atoms with van der Waals surface area (Å²) >= 11 is 0. The summed E-state index contributed by atoms with van der Waals surface area (Å²) in [6.45, 7) is 2.47. The molecule has 1 aromatic rings. The number of rotatable bonds is 3. The molecule has 1 aromatic heterocycles. The molecular formula is C11H16N2O2. The fraction of sp³-hybridized carbons (Fsp3) is 0.636. The summed E-state index contributed by atoms with van der Waals surface area (Å²) in [4.78, 5) is 15.4.